The number of nitrogens with one attached hydrogen (secondary N) is 1. The number of anilines is 2. The van der Waals surface area contributed by atoms with E-state index in [0.717, 1.165) is 6.07 Å². The van der Waals surface area contributed by atoms with Gasteiger partial charge in [0.2, 0.25) is 0 Å². The summed E-state index contributed by atoms with van der Waals surface area (Å²) >= 11 is 5.78. The minimum atomic E-state index is -0.821. The first-order valence-electron chi connectivity index (χ1n) is 5.33. The third-order valence-corrected chi connectivity index (χ3v) is 2.72. The van der Waals surface area contributed by atoms with Crippen molar-refractivity contribution in [1.29, 1.82) is 0 Å². The molecule has 0 unspecified atom stereocenters. The first-order valence-corrected chi connectivity index (χ1v) is 5.70. The van der Waals surface area contributed by atoms with Gasteiger partial charge >= 0.3 is 0 Å². The van der Waals surface area contributed by atoms with E-state index in [1.807, 2.05) is 0 Å². The first-order chi connectivity index (χ1) is 8.99. The third kappa shape index (κ3) is 2.77. The molecule has 0 spiro atoms. The summed E-state index contributed by atoms with van der Waals surface area (Å²) in [5.74, 6) is -2.07. The molecule has 0 saturated carbocycles. The molecule has 4 N–H and O–H groups in total. The number of amides is 1. The second-order valence-electron chi connectivity index (χ2n) is 3.82. The van der Waals surface area contributed by atoms with Crippen molar-refractivity contribution in [3.05, 3.63) is 52.8 Å². The van der Waals surface area contributed by atoms with Gasteiger partial charge in [-0.1, -0.05) is 17.7 Å². The van der Waals surface area contributed by atoms with E-state index in [1.54, 1.807) is 6.07 Å². The van der Waals surface area contributed by atoms with Crippen LogP contribution in [-0.2, 0) is 0 Å². The summed E-state index contributed by atoms with van der Waals surface area (Å²) in [5.41, 5.74) is 5.76. The van der Waals surface area contributed by atoms with Gasteiger partial charge in [0, 0.05) is 5.02 Å². The van der Waals surface area contributed by atoms with Crippen LogP contribution in [0.25, 0.3) is 0 Å². The molecule has 6 heteroatoms. The van der Waals surface area contributed by atoms with Crippen LogP contribution in [0.15, 0.2) is 36.4 Å². The molecule has 2 aromatic carbocycles. The van der Waals surface area contributed by atoms with Gasteiger partial charge in [-0.05, 0) is 30.3 Å². The zero-order valence-corrected chi connectivity index (χ0v) is 10.4. The summed E-state index contributed by atoms with van der Waals surface area (Å²) < 4.78 is 13.5. The van der Waals surface area contributed by atoms with Crippen LogP contribution < -0.4 is 11.1 Å². The Morgan fingerprint density at radius 3 is 2.74 bits per heavy atom. The highest BCUT2D eigenvalue weighted by molar-refractivity contribution is 6.31. The lowest BCUT2D eigenvalue weighted by atomic mass is 10.1. The monoisotopic (exact) mass is 280 g/mol. The maximum atomic E-state index is 13.5. The number of hydrogen-bond acceptors (Lipinski definition) is 3. The quantitative estimate of drug-likeness (QED) is 0.740. The Bertz CT molecular complexity index is 626. The van der Waals surface area contributed by atoms with Crippen LogP contribution in [0.5, 0.6) is 5.75 Å². The number of nitrogens with two attached hydrogens (primary N) is 1. The fraction of sp³-hybridized carbons (Fsp3) is 0. The molecule has 0 fully saturated rings. The number of phenols is 1. The number of carbonyl (C=O) groups excluding carboxylic acids is 1. The number of benzene rings is 2. The number of hydrogen-bond donors (Lipinski definition) is 3. The van der Waals surface area contributed by atoms with Gasteiger partial charge in [0.1, 0.15) is 17.1 Å². The second kappa shape index (κ2) is 5.16. The zero-order valence-electron chi connectivity index (χ0n) is 9.65. The largest absolute Gasteiger partial charge is 0.507 e. The van der Waals surface area contributed by atoms with Crippen molar-refractivity contribution in [2.45, 2.75) is 0 Å². The Morgan fingerprint density at radius 1 is 1.32 bits per heavy atom. The Hall–Kier alpha value is -2.27. The predicted octanol–water partition coefficient (Wildman–Crippen LogP) is 3.02. The molecule has 98 valence electrons. The maximum absolute atomic E-state index is 13.5. The van der Waals surface area contributed by atoms with Crippen LogP contribution in [0.4, 0.5) is 15.8 Å². The van der Waals surface area contributed by atoms with Crippen LogP contribution in [0.3, 0.4) is 0 Å². The SMILES string of the molecule is Nc1ccc(Cl)cc1NC(=O)c1c(O)cccc1F. The van der Waals surface area contributed by atoms with Crippen molar-refractivity contribution in [3.63, 3.8) is 0 Å². The van der Waals surface area contributed by atoms with Crippen molar-refractivity contribution >= 4 is 28.9 Å². The molecule has 0 aromatic heterocycles. The van der Waals surface area contributed by atoms with Gasteiger partial charge in [-0.25, -0.2) is 4.39 Å². The summed E-state index contributed by atoms with van der Waals surface area (Å²) in [5, 5.41) is 12.3. The van der Waals surface area contributed by atoms with Gasteiger partial charge in [0.25, 0.3) is 5.91 Å². The Balaban J connectivity index is 2.34. The van der Waals surface area contributed by atoms with Crippen LogP contribution in [-0.4, -0.2) is 11.0 Å². The highest BCUT2D eigenvalue weighted by Gasteiger charge is 2.17. The molecule has 1 amide bonds. The molecular formula is C13H10ClFN2O2. The second-order valence-corrected chi connectivity index (χ2v) is 4.26. The maximum Gasteiger partial charge on any atom is 0.262 e. The average Bonchev–Trinajstić information content (AvgIpc) is 2.33. The molecule has 2 aromatic rings. The van der Waals surface area contributed by atoms with E-state index in [-0.39, 0.29) is 11.4 Å². The smallest absolute Gasteiger partial charge is 0.262 e. The molecule has 19 heavy (non-hydrogen) atoms. The van der Waals surface area contributed by atoms with Gasteiger partial charge in [-0.15, -0.1) is 0 Å². The van der Waals surface area contributed by atoms with Crippen molar-refractivity contribution in [2.75, 3.05) is 11.1 Å². The molecule has 0 aliphatic carbocycles. The number of carbonyl (C=O) groups is 1. The third-order valence-electron chi connectivity index (χ3n) is 2.48. The number of nitrogen functional groups attached to an aromatic ring is 1. The van der Waals surface area contributed by atoms with Gasteiger partial charge in [0.15, 0.2) is 0 Å². The van der Waals surface area contributed by atoms with Gasteiger partial charge in [-0.2, -0.15) is 0 Å². The van der Waals surface area contributed by atoms with E-state index in [1.165, 1.54) is 24.3 Å². The standard InChI is InChI=1S/C13H10ClFN2O2/c14-7-4-5-9(16)10(6-7)17-13(19)12-8(15)2-1-3-11(12)18/h1-6,18H,16H2,(H,17,19). The lowest BCUT2D eigenvalue weighted by molar-refractivity contribution is 0.102. The zero-order chi connectivity index (χ0) is 14.0. The normalized spacial score (nSPS) is 10.2. The fourth-order valence-electron chi connectivity index (χ4n) is 1.56. The molecule has 0 aliphatic rings. The number of phenolic OH excluding ortho intramolecular Hbond substituents is 1. The molecule has 0 saturated heterocycles. The van der Waals surface area contributed by atoms with Gasteiger partial charge in [0.05, 0.1) is 11.4 Å². The molecule has 0 bridgehead atoms. The fourth-order valence-corrected chi connectivity index (χ4v) is 1.73. The summed E-state index contributed by atoms with van der Waals surface area (Å²) in [6.07, 6.45) is 0. The lowest BCUT2D eigenvalue weighted by Crippen LogP contribution is -2.15. The lowest BCUT2D eigenvalue weighted by Gasteiger charge is -2.10. The highest BCUT2D eigenvalue weighted by atomic mass is 35.5. The van der Waals surface area contributed by atoms with Gasteiger partial charge in [-0.3, -0.25) is 4.79 Å². The van der Waals surface area contributed by atoms with E-state index in [9.17, 15) is 14.3 Å². The topological polar surface area (TPSA) is 75.3 Å². The molecule has 2 rings (SSSR count). The van der Waals surface area contributed by atoms with Crippen LogP contribution >= 0.6 is 11.6 Å². The van der Waals surface area contributed by atoms with Crippen molar-refractivity contribution in [1.82, 2.24) is 0 Å². The van der Waals surface area contributed by atoms with Crippen LogP contribution in [0.2, 0.25) is 5.02 Å². The Labute approximate surface area is 113 Å². The molecule has 0 aliphatic heterocycles. The number of aromatic hydroxyl groups is 1. The predicted molar refractivity (Wildman–Crippen MR) is 71.9 cm³/mol. The molecular weight excluding hydrogens is 271 g/mol. The molecule has 4 nitrogen and oxygen atoms in total. The highest BCUT2D eigenvalue weighted by Crippen LogP contribution is 2.26. The summed E-state index contributed by atoms with van der Waals surface area (Å²) in [4.78, 5) is 11.9. The van der Waals surface area contributed by atoms with Crippen molar-refractivity contribution < 1.29 is 14.3 Å². The van der Waals surface area contributed by atoms with Gasteiger partial charge < -0.3 is 16.2 Å². The average molecular weight is 281 g/mol. The molecule has 0 heterocycles. The van der Waals surface area contributed by atoms with E-state index in [2.05, 4.69) is 5.32 Å². The van der Waals surface area contributed by atoms with E-state index < -0.39 is 23.0 Å². The minimum absolute atomic E-state index is 0.250. The Kier molecular flexibility index (Phi) is 3.57. The van der Waals surface area contributed by atoms with E-state index in [4.69, 9.17) is 17.3 Å². The van der Waals surface area contributed by atoms with E-state index in [0.29, 0.717) is 5.02 Å². The summed E-state index contributed by atoms with van der Waals surface area (Å²) in [6, 6.07) is 8.11. The summed E-state index contributed by atoms with van der Waals surface area (Å²) in [7, 11) is 0. The summed E-state index contributed by atoms with van der Waals surface area (Å²) in [6.45, 7) is 0. The number of rotatable bonds is 2. The van der Waals surface area contributed by atoms with E-state index >= 15 is 0 Å². The van der Waals surface area contributed by atoms with Crippen LogP contribution in [0.1, 0.15) is 10.4 Å². The number of halogens is 2. The van der Waals surface area contributed by atoms with Crippen molar-refractivity contribution in [2.24, 2.45) is 0 Å². The molecule has 0 radical (unpaired) electrons. The Morgan fingerprint density at radius 2 is 2.05 bits per heavy atom. The van der Waals surface area contributed by atoms with Crippen LogP contribution in [0, 0.1) is 5.82 Å². The molecule has 0 atom stereocenters. The van der Waals surface area contributed by atoms with Crippen molar-refractivity contribution in [3.8, 4) is 5.75 Å². The first kappa shape index (κ1) is 13.2. The minimum Gasteiger partial charge on any atom is -0.507 e.